The molecule has 62 heavy (non-hydrogen) atoms. The van der Waals surface area contributed by atoms with Gasteiger partial charge in [0.25, 0.3) is 0 Å². The van der Waals surface area contributed by atoms with Gasteiger partial charge < -0.3 is 20.1 Å². The highest BCUT2D eigenvalue weighted by atomic mass is 31.2. The third-order valence-electron chi connectivity index (χ3n) is 11.9. The Morgan fingerprint density at radius 2 is 0.855 bits per heavy atom. The molecule has 0 fully saturated rings. The van der Waals surface area contributed by atoms with Gasteiger partial charge in [0, 0.05) is 19.6 Å². The highest BCUT2D eigenvalue weighted by Gasteiger charge is 2.25. The Morgan fingerprint density at radius 1 is 0.484 bits per heavy atom. The number of phosphoric acid groups is 1. The van der Waals surface area contributed by atoms with E-state index in [2.05, 4.69) is 38.2 Å². The highest BCUT2D eigenvalue weighted by molar-refractivity contribution is 7.47. The average molecular weight is 898 g/mol. The van der Waals surface area contributed by atoms with Crippen molar-refractivity contribution in [3.63, 3.8) is 0 Å². The van der Waals surface area contributed by atoms with Crippen molar-refractivity contribution in [2.75, 3.05) is 33.0 Å². The largest absolute Gasteiger partial charge is 0.472 e. The molecule has 0 saturated heterocycles. The minimum Gasteiger partial charge on any atom is -0.457 e. The molecule has 0 radical (unpaired) electrons. The molecule has 0 saturated carbocycles. The topological polar surface area (TPSA) is 117 Å². The molecule has 0 amide bonds. The molecule has 0 rings (SSSR count). The van der Waals surface area contributed by atoms with Gasteiger partial charge in [-0.3, -0.25) is 13.8 Å². The summed E-state index contributed by atoms with van der Waals surface area (Å²) in [6, 6.07) is 0. The third-order valence-corrected chi connectivity index (χ3v) is 12.9. The molecule has 368 valence electrons. The molecule has 2 unspecified atom stereocenters. The van der Waals surface area contributed by atoms with Crippen LogP contribution in [0.3, 0.4) is 0 Å². The van der Waals surface area contributed by atoms with Crippen LogP contribution in [-0.4, -0.2) is 49.9 Å². The summed E-state index contributed by atoms with van der Waals surface area (Å²) in [4.78, 5) is 22.6. The van der Waals surface area contributed by atoms with Crippen LogP contribution in [-0.2, 0) is 27.9 Å². The fourth-order valence-corrected chi connectivity index (χ4v) is 8.68. The van der Waals surface area contributed by atoms with E-state index in [1.807, 2.05) is 0 Å². The van der Waals surface area contributed by atoms with Crippen molar-refractivity contribution in [2.24, 2.45) is 5.73 Å². The number of allylic oxidation sites excluding steroid dienone is 4. The smallest absolute Gasteiger partial charge is 0.457 e. The Morgan fingerprint density at radius 3 is 1.26 bits per heavy atom. The summed E-state index contributed by atoms with van der Waals surface area (Å²) in [6.45, 7) is 4.98. The van der Waals surface area contributed by atoms with Crippen LogP contribution < -0.4 is 5.73 Å². The summed E-state index contributed by atoms with van der Waals surface area (Å²) in [5.41, 5.74) is 5.39. The lowest BCUT2D eigenvalue weighted by atomic mass is 10.0. The second-order valence-electron chi connectivity index (χ2n) is 18.1. The van der Waals surface area contributed by atoms with Crippen molar-refractivity contribution in [1.82, 2.24) is 0 Å². The molecular weight excluding hydrogens is 794 g/mol. The van der Waals surface area contributed by atoms with Crippen LogP contribution >= 0.6 is 7.82 Å². The molecule has 0 spiro atoms. The number of phosphoric ester groups is 1. The predicted octanol–water partition coefficient (Wildman–Crippen LogP) is 16.8. The zero-order valence-corrected chi connectivity index (χ0v) is 42.0. The van der Waals surface area contributed by atoms with Gasteiger partial charge >= 0.3 is 13.8 Å². The molecule has 0 aromatic heterocycles. The Kier molecular flexibility index (Phi) is 50.1. The SMILES string of the molecule is CCCCCCC/C=C\C/C=C\CCCCCCCCCCCCCC(=O)OC(COCCCCCCCCCCCCCCCCCCCCCC)COP(=O)(O)OCCN. The van der Waals surface area contributed by atoms with Crippen molar-refractivity contribution in [1.29, 1.82) is 0 Å². The Balaban J connectivity index is 3.89. The lowest BCUT2D eigenvalue weighted by Gasteiger charge is -2.20. The minimum absolute atomic E-state index is 0.0931. The van der Waals surface area contributed by atoms with Gasteiger partial charge in [-0.15, -0.1) is 0 Å². The van der Waals surface area contributed by atoms with Gasteiger partial charge in [-0.25, -0.2) is 4.57 Å². The summed E-state index contributed by atoms with van der Waals surface area (Å²) in [5, 5.41) is 0. The van der Waals surface area contributed by atoms with Crippen molar-refractivity contribution < 1.29 is 32.8 Å². The van der Waals surface area contributed by atoms with Gasteiger partial charge in [-0.1, -0.05) is 244 Å². The van der Waals surface area contributed by atoms with E-state index in [-0.39, 0.29) is 32.3 Å². The van der Waals surface area contributed by atoms with Crippen LogP contribution in [0.25, 0.3) is 0 Å². The number of esters is 1. The normalized spacial score (nSPS) is 13.4. The Labute approximate surface area is 385 Å². The number of ether oxygens (including phenoxy) is 2. The van der Waals surface area contributed by atoms with Crippen LogP contribution in [0.1, 0.15) is 271 Å². The molecule has 0 aromatic rings. The maximum Gasteiger partial charge on any atom is 0.472 e. The van der Waals surface area contributed by atoms with Gasteiger partial charge in [-0.05, 0) is 44.9 Å². The quantitative estimate of drug-likeness (QED) is 0.0268. The van der Waals surface area contributed by atoms with Gasteiger partial charge in [0.2, 0.25) is 0 Å². The maximum atomic E-state index is 12.7. The molecule has 0 aliphatic heterocycles. The van der Waals surface area contributed by atoms with E-state index in [9.17, 15) is 14.3 Å². The lowest BCUT2D eigenvalue weighted by Crippen LogP contribution is -2.28. The number of carbonyl (C=O) groups is 1. The predicted molar refractivity (Wildman–Crippen MR) is 266 cm³/mol. The van der Waals surface area contributed by atoms with Crippen molar-refractivity contribution in [3.8, 4) is 0 Å². The van der Waals surface area contributed by atoms with Crippen LogP contribution in [0.5, 0.6) is 0 Å². The number of hydrogen-bond acceptors (Lipinski definition) is 7. The van der Waals surface area contributed by atoms with Crippen LogP contribution in [0.4, 0.5) is 0 Å². The number of rotatable bonds is 52. The van der Waals surface area contributed by atoms with Crippen LogP contribution in [0.15, 0.2) is 24.3 Å². The monoisotopic (exact) mass is 898 g/mol. The van der Waals surface area contributed by atoms with E-state index in [1.54, 1.807) is 0 Å². The zero-order chi connectivity index (χ0) is 45.1. The van der Waals surface area contributed by atoms with Crippen molar-refractivity contribution >= 4 is 13.8 Å². The van der Waals surface area contributed by atoms with Gasteiger partial charge in [0.05, 0.1) is 19.8 Å². The average Bonchev–Trinajstić information content (AvgIpc) is 3.26. The summed E-state index contributed by atoms with van der Waals surface area (Å²) in [7, 11) is -4.28. The van der Waals surface area contributed by atoms with E-state index >= 15 is 0 Å². The molecule has 2 atom stereocenters. The fraction of sp³-hybridized carbons (Fsp3) is 0.906. The molecule has 8 nitrogen and oxygen atoms in total. The first-order valence-corrected chi connectivity index (χ1v) is 28.3. The molecule has 0 aliphatic carbocycles. The zero-order valence-electron chi connectivity index (χ0n) is 41.1. The van der Waals surface area contributed by atoms with Gasteiger partial charge in [0.15, 0.2) is 0 Å². The fourth-order valence-electron chi connectivity index (χ4n) is 7.91. The number of hydrogen-bond donors (Lipinski definition) is 2. The molecule has 0 aliphatic rings. The summed E-state index contributed by atoms with van der Waals surface area (Å²) in [5.74, 6) is -0.326. The highest BCUT2D eigenvalue weighted by Crippen LogP contribution is 2.43. The van der Waals surface area contributed by atoms with Crippen molar-refractivity contribution in [3.05, 3.63) is 24.3 Å². The van der Waals surface area contributed by atoms with Gasteiger partial charge in [-0.2, -0.15) is 0 Å². The number of nitrogens with two attached hydrogens (primary N) is 1. The van der Waals surface area contributed by atoms with E-state index in [4.69, 9.17) is 24.3 Å². The van der Waals surface area contributed by atoms with Crippen LogP contribution in [0.2, 0.25) is 0 Å². The molecule has 9 heteroatoms. The maximum absolute atomic E-state index is 12.7. The first-order valence-electron chi connectivity index (χ1n) is 26.8. The Hall–Kier alpha value is -1.02. The molecule has 0 bridgehead atoms. The standard InChI is InChI=1S/C53H104NO7P/c1-3-5-7-9-11-13-15-17-19-21-23-25-26-27-28-30-32-34-36-38-40-42-44-46-53(55)61-52(51-60-62(56,57)59-49-47-54)50-58-48-45-43-41-39-37-35-33-31-29-24-22-20-18-16-14-12-10-8-6-4-2/h15,17,21,23,52H,3-14,16,18-20,22,24-51,54H2,1-2H3,(H,56,57)/b17-15-,23-21-. The molecule has 0 heterocycles. The van der Waals surface area contributed by atoms with Crippen LogP contribution in [0, 0.1) is 0 Å². The van der Waals surface area contributed by atoms with E-state index in [0.717, 1.165) is 38.5 Å². The summed E-state index contributed by atoms with van der Waals surface area (Å²) < 4.78 is 33.6. The van der Waals surface area contributed by atoms with E-state index in [0.29, 0.717) is 13.0 Å². The minimum atomic E-state index is -4.28. The molecule has 3 N–H and O–H groups in total. The second-order valence-corrected chi connectivity index (χ2v) is 19.6. The Bertz CT molecular complexity index is 1010. The molecule has 0 aromatic carbocycles. The van der Waals surface area contributed by atoms with Gasteiger partial charge in [0.1, 0.15) is 6.10 Å². The first kappa shape index (κ1) is 61.0. The number of unbranched alkanes of at least 4 members (excludes halogenated alkanes) is 35. The lowest BCUT2D eigenvalue weighted by molar-refractivity contribution is -0.154. The summed E-state index contributed by atoms with van der Waals surface area (Å²) >= 11 is 0. The third kappa shape index (κ3) is 50.0. The first-order chi connectivity index (χ1) is 30.4. The van der Waals surface area contributed by atoms with E-state index in [1.165, 1.54) is 212 Å². The summed E-state index contributed by atoms with van der Waals surface area (Å²) in [6.07, 6.45) is 59.3. The number of carbonyl (C=O) groups excluding carboxylic acids is 1. The molecular formula is C53H104NO7P. The second kappa shape index (κ2) is 51.0. The van der Waals surface area contributed by atoms with Crippen molar-refractivity contribution in [2.45, 2.75) is 277 Å². The van der Waals surface area contributed by atoms with E-state index < -0.39 is 13.9 Å².